The third kappa shape index (κ3) is 5.25. The molecule has 0 unspecified atom stereocenters. The number of nitrogens with one attached hydrogen (secondary N) is 1. The number of carbonyl (C=O) groups is 2. The third-order valence-corrected chi connectivity index (χ3v) is 5.26. The molecular formula is C23H24ClNO4. The Kier molecular flexibility index (Phi) is 7.07. The number of carbonyl (C=O) groups excluding carboxylic acids is 2. The zero-order chi connectivity index (χ0) is 20.7. The fraction of sp³-hybridized carbons (Fsp3) is 0.304. The van der Waals surface area contributed by atoms with Crippen LogP contribution in [-0.4, -0.2) is 31.7 Å². The van der Waals surface area contributed by atoms with Crippen LogP contribution in [0.5, 0.6) is 0 Å². The van der Waals surface area contributed by atoms with E-state index in [0.29, 0.717) is 43.4 Å². The molecule has 0 bridgehead atoms. The zero-order valence-electron chi connectivity index (χ0n) is 16.3. The average Bonchev–Trinajstić information content (AvgIpc) is 2.74. The lowest BCUT2D eigenvalue weighted by atomic mass is 9.73. The van der Waals surface area contributed by atoms with Gasteiger partial charge in [0.25, 0.3) is 0 Å². The lowest BCUT2D eigenvalue weighted by Crippen LogP contribution is -2.44. The van der Waals surface area contributed by atoms with Crippen LogP contribution in [0.2, 0.25) is 5.02 Å². The molecule has 0 spiro atoms. The average molecular weight is 414 g/mol. The molecule has 6 heteroatoms. The quantitative estimate of drug-likeness (QED) is 0.555. The molecule has 1 fully saturated rings. The van der Waals surface area contributed by atoms with Crippen LogP contribution >= 0.6 is 11.6 Å². The van der Waals surface area contributed by atoms with Gasteiger partial charge in [0.15, 0.2) is 0 Å². The summed E-state index contributed by atoms with van der Waals surface area (Å²) in [4.78, 5) is 24.7. The molecule has 152 valence electrons. The van der Waals surface area contributed by atoms with Gasteiger partial charge in [-0.3, -0.25) is 4.79 Å². The van der Waals surface area contributed by atoms with Gasteiger partial charge < -0.3 is 14.8 Å². The van der Waals surface area contributed by atoms with Crippen LogP contribution in [0.3, 0.4) is 0 Å². The van der Waals surface area contributed by atoms with Crippen molar-refractivity contribution in [1.82, 2.24) is 0 Å². The monoisotopic (exact) mass is 413 g/mol. The van der Waals surface area contributed by atoms with Gasteiger partial charge in [0.1, 0.15) is 0 Å². The first-order valence-corrected chi connectivity index (χ1v) is 10.0. The van der Waals surface area contributed by atoms with Crippen molar-refractivity contribution in [2.24, 2.45) is 0 Å². The van der Waals surface area contributed by atoms with Gasteiger partial charge in [-0.05, 0) is 61.2 Å². The van der Waals surface area contributed by atoms with E-state index in [1.165, 1.54) is 6.08 Å². The van der Waals surface area contributed by atoms with E-state index >= 15 is 0 Å². The number of amides is 1. The second-order valence-electron chi connectivity index (χ2n) is 6.87. The molecule has 1 saturated heterocycles. The summed E-state index contributed by atoms with van der Waals surface area (Å²) in [6.07, 6.45) is 4.25. The highest BCUT2D eigenvalue weighted by Crippen LogP contribution is 2.37. The van der Waals surface area contributed by atoms with E-state index in [9.17, 15) is 9.59 Å². The van der Waals surface area contributed by atoms with Gasteiger partial charge in [0.05, 0.1) is 12.0 Å². The highest BCUT2D eigenvalue weighted by Gasteiger charge is 2.41. The van der Waals surface area contributed by atoms with E-state index in [0.717, 1.165) is 11.1 Å². The van der Waals surface area contributed by atoms with E-state index in [4.69, 9.17) is 21.1 Å². The Morgan fingerprint density at radius 3 is 2.55 bits per heavy atom. The molecule has 29 heavy (non-hydrogen) atoms. The molecule has 0 saturated carbocycles. The minimum atomic E-state index is -0.675. The van der Waals surface area contributed by atoms with Crippen molar-refractivity contribution in [2.75, 3.05) is 25.1 Å². The second-order valence-corrected chi connectivity index (χ2v) is 7.30. The minimum Gasteiger partial charge on any atom is -0.463 e. The smallest absolute Gasteiger partial charge is 0.330 e. The molecule has 0 aromatic heterocycles. The maximum absolute atomic E-state index is 13.3. The van der Waals surface area contributed by atoms with Gasteiger partial charge in [-0.15, -0.1) is 0 Å². The number of halogens is 1. The van der Waals surface area contributed by atoms with Crippen LogP contribution in [0.15, 0.2) is 54.6 Å². The van der Waals surface area contributed by atoms with Gasteiger partial charge in [0, 0.05) is 30.0 Å². The SMILES string of the molecule is CCOC(=O)/C=C/c1ccc(NC(=O)C2(c3cccc(Cl)c3)CCOCC2)cc1. The zero-order valence-corrected chi connectivity index (χ0v) is 17.1. The Morgan fingerprint density at radius 1 is 1.17 bits per heavy atom. The Bertz CT molecular complexity index is 886. The molecular weight excluding hydrogens is 390 g/mol. The first-order valence-electron chi connectivity index (χ1n) is 9.64. The van der Waals surface area contributed by atoms with E-state index in [1.807, 2.05) is 42.5 Å². The number of hydrogen-bond acceptors (Lipinski definition) is 4. The summed E-state index contributed by atoms with van der Waals surface area (Å²) in [5, 5.41) is 3.64. The largest absolute Gasteiger partial charge is 0.463 e. The lowest BCUT2D eigenvalue weighted by molar-refractivity contribution is -0.137. The van der Waals surface area contributed by atoms with E-state index < -0.39 is 5.41 Å². The topological polar surface area (TPSA) is 64.6 Å². The number of rotatable bonds is 6. The van der Waals surface area contributed by atoms with Crippen LogP contribution in [0.4, 0.5) is 5.69 Å². The van der Waals surface area contributed by atoms with Gasteiger partial charge in [-0.2, -0.15) is 0 Å². The number of ether oxygens (including phenoxy) is 2. The lowest BCUT2D eigenvalue weighted by Gasteiger charge is -2.36. The summed E-state index contributed by atoms with van der Waals surface area (Å²) in [5.74, 6) is -0.453. The molecule has 1 heterocycles. The first kappa shape index (κ1) is 21.1. The first-order chi connectivity index (χ1) is 14.0. The second kappa shape index (κ2) is 9.72. The van der Waals surface area contributed by atoms with Crippen LogP contribution in [0, 0.1) is 0 Å². The van der Waals surface area contributed by atoms with Crippen molar-refractivity contribution >= 4 is 35.2 Å². The molecule has 2 aromatic rings. The highest BCUT2D eigenvalue weighted by molar-refractivity contribution is 6.30. The molecule has 1 aliphatic rings. The normalized spacial score (nSPS) is 15.8. The van der Waals surface area contributed by atoms with E-state index in [1.54, 1.807) is 19.1 Å². The predicted octanol–water partition coefficient (Wildman–Crippen LogP) is 4.60. The Labute approximate surface area is 175 Å². The van der Waals surface area contributed by atoms with Gasteiger partial charge in [-0.25, -0.2) is 4.79 Å². The summed E-state index contributed by atoms with van der Waals surface area (Å²) in [6.45, 7) is 3.15. The van der Waals surface area contributed by atoms with Crippen molar-refractivity contribution in [3.63, 3.8) is 0 Å². The standard InChI is InChI=1S/C23H24ClNO4/c1-2-29-21(26)11-8-17-6-9-20(10-7-17)25-22(27)23(12-14-28-15-13-23)18-4-3-5-19(24)16-18/h3-11,16H,2,12-15H2,1H3,(H,25,27)/b11-8+. The molecule has 0 aliphatic carbocycles. The maximum atomic E-state index is 13.3. The van der Waals surface area contributed by atoms with E-state index in [2.05, 4.69) is 5.32 Å². The minimum absolute atomic E-state index is 0.0714. The summed E-state index contributed by atoms with van der Waals surface area (Å²) in [5.41, 5.74) is 1.76. The highest BCUT2D eigenvalue weighted by atomic mass is 35.5. The molecule has 1 N–H and O–H groups in total. The van der Waals surface area contributed by atoms with Crippen LogP contribution in [0.25, 0.3) is 6.08 Å². The van der Waals surface area contributed by atoms with Gasteiger partial charge >= 0.3 is 5.97 Å². The summed E-state index contributed by atoms with van der Waals surface area (Å²) in [7, 11) is 0. The molecule has 0 radical (unpaired) electrons. The van der Waals surface area contributed by atoms with Crippen molar-refractivity contribution in [2.45, 2.75) is 25.2 Å². The molecule has 1 aliphatic heterocycles. The summed E-state index contributed by atoms with van der Waals surface area (Å²) >= 11 is 6.18. The number of hydrogen-bond donors (Lipinski definition) is 1. The predicted molar refractivity (Wildman–Crippen MR) is 114 cm³/mol. The molecule has 2 aromatic carbocycles. The fourth-order valence-corrected chi connectivity index (χ4v) is 3.63. The Hall–Kier alpha value is -2.63. The summed E-state index contributed by atoms with van der Waals surface area (Å²) < 4.78 is 10.4. The maximum Gasteiger partial charge on any atom is 0.330 e. The number of benzene rings is 2. The molecule has 3 rings (SSSR count). The van der Waals surface area contributed by atoms with Crippen LogP contribution in [-0.2, 0) is 24.5 Å². The van der Waals surface area contributed by atoms with Crippen LogP contribution in [0.1, 0.15) is 30.9 Å². The Balaban J connectivity index is 1.75. The van der Waals surface area contributed by atoms with Gasteiger partial charge in [0.2, 0.25) is 5.91 Å². The molecule has 5 nitrogen and oxygen atoms in total. The van der Waals surface area contributed by atoms with Crippen LogP contribution < -0.4 is 5.32 Å². The fourth-order valence-electron chi connectivity index (χ4n) is 3.44. The Morgan fingerprint density at radius 2 is 1.90 bits per heavy atom. The van der Waals surface area contributed by atoms with Crippen molar-refractivity contribution in [3.8, 4) is 0 Å². The number of esters is 1. The molecule has 0 atom stereocenters. The molecule has 1 amide bonds. The van der Waals surface area contributed by atoms with Crippen molar-refractivity contribution < 1.29 is 19.1 Å². The third-order valence-electron chi connectivity index (χ3n) is 5.03. The van der Waals surface area contributed by atoms with Gasteiger partial charge in [-0.1, -0.05) is 35.9 Å². The summed E-state index contributed by atoms with van der Waals surface area (Å²) in [6, 6.07) is 14.8. The van der Waals surface area contributed by atoms with Crippen molar-refractivity contribution in [1.29, 1.82) is 0 Å². The number of anilines is 1. The van der Waals surface area contributed by atoms with Crippen molar-refractivity contribution in [3.05, 3.63) is 70.8 Å². The van der Waals surface area contributed by atoms with E-state index in [-0.39, 0.29) is 11.9 Å².